The van der Waals surface area contributed by atoms with Gasteiger partial charge in [-0.25, -0.2) is 9.78 Å². The number of aromatic nitrogens is 1. The maximum absolute atomic E-state index is 11.4. The predicted octanol–water partition coefficient (Wildman–Crippen LogP) is 3.74. The molecule has 0 unspecified atom stereocenters. The zero-order valence-corrected chi connectivity index (χ0v) is 11.3. The van der Waals surface area contributed by atoms with E-state index in [0.29, 0.717) is 15.9 Å². The number of hydrogen-bond donors (Lipinski definition) is 0. The largest absolute Gasteiger partial charge is 0.457 e. The molecule has 0 aliphatic carbocycles. The van der Waals surface area contributed by atoms with Gasteiger partial charge in [0.15, 0.2) is 0 Å². The first-order chi connectivity index (χ1) is 7.78. The third-order valence-electron chi connectivity index (χ3n) is 1.62. The van der Waals surface area contributed by atoms with Crippen LogP contribution in [0.25, 0.3) is 6.08 Å². The lowest BCUT2D eigenvalue weighted by Crippen LogP contribution is -2.22. The molecular weight excluding hydrogens is 261 g/mol. The Morgan fingerprint density at radius 3 is 2.59 bits per heavy atom. The summed E-state index contributed by atoms with van der Waals surface area (Å²) in [5.74, 6) is -0.449. The summed E-state index contributed by atoms with van der Waals surface area (Å²) in [6.07, 6.45) is 2.75. The Bertz CT molecular complexity index is 450. The molecule has 0 N–H and O–H groups in total. The molecule has 1 heterocycles. The molecule has 92 valence electrons. The summed E-state index contributed by atoms with van der Waals surface area (Å²) in [4.78, 5) is 15.4. The molecule has 5 heteroatoms. The van der Waals surface area contributed by atoms with Crippen LogP contribution in [0, 0.1) is 0 Å². The molecule has 0 amide bonds. The maximum atomic E-state index is 11.4. The molecule has 0 radical (unpaired) electrons. The van der Waals surface area contributed by atoms with Gasteiger partial charge < -0.3 is 4.74 Å². The second-order valence-electron chi connectivity index (χ2n) is 4.37. The molecule has 0 atom stereocenters. The fourth-order valence-corrected chi connectivity index (χ4v) is 1.35. The first kappa shape index (κ1) is 14.0. The molecule has 0 spiro atoms. The van der Waals surface area contributed by atoms with Gasteiger partial charge in [-0.2, -0.15) is 0 Å². The van der Waals surface area contributed by atoms with E-state index in [2.05, 4.69) is 4.98 Å². The minimum absolute atomic E-state index is 0.318. The third kappa shape index (κ3) is 5.20. The summed E-state index contributed by atoms with van der Waals surface area (Å²) in [5.41, 5.74) is -0.0856. The van der Waals surface area contributed by atoms with Crippen molar-refractivity contribution in [2.45, 2.75) is 26.4 Å². The van der Waals surface area contributed by atoms with Crippen LogP contribution in [0.5, 0.6) is 0 Å². The Morgan fingerprint density at radius 1 is 1.35 bits per heavy atom. The van der Waals surface area contributed by atoms with Gasteiger partial charge in [-0.3, -0.25) is 0 Å². The highest BCUT2D eigenvalue weighted by Crippen LogP contribution is 2.18. The summed E-state index contributed by atoms with van der Waals surface area (Å²) >= 11 is 11.6. The molecule has 0 bridgehead atoms. The van der Waals surface area contributed by atoms with Gasteiger partial charge in [0.25, 0.3) is 0 Å². The van der Waals surface area contributed by atoms with Crippen LogP contribution in [0.1, 0.15) is 26.5 Å². The number of nitrogens with zero attached hydrogens (tertiary/aromatic N) is 1. The lowest BCUT2D eigenvalue weighted by Gasteiger charge is -2.17. The smallest absolute Gasteiger partial charge is 0.331 e. The van der Waals surface area contributed by atoms with Crippen LogP contribution < -0.4 is 0 Å². The van der Waals surface area contributed by atoms with Crippen molar-refractivity contribution in [1.29, 1.82) is 0 Å². The number of hydrogen-bond acceptors (Lipinski definition) is 3. The zero-order chi connectivity index (χ0) is 13.1. The lowest BCUT2D eigenvalue weighted by molar-refractivity contribution is -0.148. The second-order valence-corrected chi connectivity index (χ2v) is 5.16. The summed E-state index contributed by atoms with van der Waals surface area (Å²) in [5, 5.41) is 0.743. The molecular formula is C12H13Cl2NO2. The molecule has 0 aliphatic rings. The maximum Gasteiger partial charge on any atom is 0.331 e. The minimum Gasteiger partial charge on any atom is -0.457 e. The van der Waals surface area contributed by atoms with Crippen molar-refractivity contribution in [1.82, 2.24) is 4.98 Å². The summed E-state index contributed by atoms with van der Waals surface area (Å²) in [6, 6.07) is 3.19. The molecule has 1 rings (SSSR count). The SMILES string of the molecule is CC(C)(C)OC(=O)/C=C/c1nc(Cl)ccc1Cl. The quantitative estimate of drug-likeness (QED) is 0.468. The van der Waals surface area contributed by atoms with Gasteiger partial charge in [-0.05, 0) is 39.0 Å². The highest BCUT2D eigenvalue weighted by Gasteiger charge is 2.14. The number of carbonyl (C=O) groups excluding carboxylic acids is 1. The van der Waals surface area contributed by atoms with Gasteiger partial charge >= 0.3 is 5.97 Å². The molecule has 0 aromatic carbocycles. The standard InChI is InChI=1S/C12H13Cl2NO2/c1-12(2,3)17-11(16)7-5-9-8(13)4-6-10(14)15-9/h4-7H,1-3H3/b7-5+. The van der Waals surface area contributed by atoms with E-state index in [1.165, 1.54) is 12.2 Å². The predicted molar refractivity (Wildman–Crippen MR) is 69.1 cm³/mol. The van der Waals surface area contributed by atoms with Crippen LogP contribution in [-0.4, -0.2) is 16.6 Å². The van der Waals surface area contributed by atoms with E-state index in [4.69, 9.17) is 27.9 Å². The van der Waals surface area contributed by atoms with Crippen LogP contribution in [-0.2, 0) is 9.53 Å². The molecule has 0 aliphatic heterocycles. The van der Waals surface area contributed by atoms with E-state index in [0.717, 1.165) is 0 Å². The van der Waals surface area contributed by atoms with Gasteiger partial charge in [0.1, 0.15) is 10.8 Å². The van der Waals surface area contributed by atoms with Crippen molar-refractivity contribution in [3.8, 4) is 0 Å². The Kier molecular flexibility index (Phi) is 4.54. The van der Waals surface area contributed by atoms with Crippen LogP contribution in [0.4, 0.5) is 0 Å². The summed E-state index contributed by atoms with van der Waals surface area (Å²) < 4.78 is 5.10. The van der Waals surface area contributed by atoms with E-state index < -0.39 is 11.6 Å². The van der Waals surface area contributed by atoms with E-state index in [9.17, 15) is 4.79 Å². The van der Waals surface area contributed by atoms with Crippen molar-refractivity contribution in [3.63, 3.8) is 0 Å². The molecule has 17 heavy (non-hydrogen) atoms. The monoisotopic (exact) mass is 273 g/mol. The highest BCUT2D eigenvalue weighted by atomic mass is 35.5. The van der Waals surface area contributed by atoms with Gasteiger partial charge in [0.2, 0.25) is 0 Å². The molecule has 0 saturated carbocycles. The van der Waals surface area contributed by atoms with Gasteiger partial charge in [0.05, 0.1) is 10.7 Å². The lowest BCUT2D eigenvalue weighted by atomic mass is 10.2. The van der Waals surface area contributed by atoms with Crippen LogP contribution in [0.3, 0.4) is 0 Å². The number of ether oxygens (including phenoxy) is 1. The Morgan fingerprint density at radius 2 is 2.00 bits per heavy atom. The zero-order valence-electron chi connectivity index (χ0n) is 9.83. The number of halogens is 2. The molecule has 0 saturated heterocycles. The Balaban J connectivity index is 2.77. The van der Waals surface area contributed by atoms with Crippen molar-refractivity contribution in [2.24, 2.45) is 0 Å². The number of rotatable bonds is 2. The normalized spacial score (nSPS) is 11.8. The average molecular weight is 274 g/mol. The average Bonchev–Trinajstić information content (AvgIpc) is 2.17. The number of carbonyl (C=O) groups is 1. The van der Waals surface area contributed by atoms with E-state index in [1.807, 2.05) is 0 Å². The Labute approximate surface area is 110 Å². The Hall–Kier alpha value is -1.06. The van der Waals surface area contributed by atoms with E-state index in [-0.39, 0.29) is 0 Å². The minimum atomic E-state index is -0.521. The fourth-order valence-electron chi connectivity index (χ4n) is 1.03. The van der Waals surface area contributed by atoms with Crippen molar-refractivity contribution in [3.05, 3.63) is 34.1 Å². The first-order valence-corrected chi connectivity index (χ1v) is 5.76. The van der Waals surface area contributed by atoms with E-state index >= 15 is 0 Å². The van der Waals surface area contributed by atoms with Crippen LogP contribution >= 0.6 is 23.2 Å². The van der Waals surface area contributed by atoms with E-state index in [1.54, 1.807) is 32.9 Å². The topological polar surface area (TPSA) is 39.2 Å². The number of pyridine rings is 1. The van der Waals surface area contributed by atoms with Crippen LogP contribution in [0.15, 0.2) is 18.2 Å². The van der Waals surface area contributed by atoms with Crippen molar-refractivity contribution >= 4 is 35.2 Å². The van der Waals surface area contributed by atoms with Gasteiger partial charge in [-0.15, -0.1) is 0 Å². The summed E-state index contributed by atoms with van der Waals surface area (Å²) in [7, 11) is 0. The first-order valence-electron chi connectivity index (χ1n) is 5.01. The number of esters is 1. The molecule has 3 nitrogen and oxygen atoms in total. The van der Waals surface area contributed by atoms with Gasteiger partial charge in [-0.1, -0.05) is 23.2 Å². The van der Waals surface area contributed by atoms with Crippen molar-refractivity contribution in [2.75, 3.05) is 0 Å². The molecule has 1 aromatic heterocycles. The van der Waals surface area contributed by atoms with Gasteiger partial charge in [0, 0.05) is 6.08 Å². The van der Waals surface area contributed by atoms with Crippen LogP contribution in [0.2, 0.25) is 10.2 Å². The second kappa shape index (κ2) is 5.52. The fraction of sp³-hybridized carbons (Fsp3) is 0.333. The highest BCUT2D eigenvalue weighted by molar-refractivity contribution is 6.33. The third-order valence-corrected chi connectivity index (χ3v) is 2.15. The molecule has 0 fully saturated rings. The summed E-state index contributed by atoms with van der Waals surface area (Å²) in [6.45, 7) is 5.38. The molecule has 1 aromatic rings. The van der Waals surface area contributed by atoms with Crippen molar-refractivity contribution < 1.29 is 9.53 Å².